The van der Waals surface area contributed by atoms with Gasteiger partial charge in [-0.1, -0.05) is 41.4 Å². The summed E-state index contributed by atoms with van der Waals surface area (Å²) in [6.07, 6.45) is 1.08. The first-order valence-corrected chi connectivity index (χ1v) is 8.06. The molecule has 0 bridgehead atoms. The molecule has 2 aromatic rings. The fourth-order valence-corrected chi connectivity index (χ4v) is 2.55. The topological polar surface area (TPSA) is 29.5 Å². The number of amides is 1. The quantitative estimate of drug-likeness (QED) is 0.761. The van der Waals surface area contributed by atoms with Crippen LogP contribution in [0.4, 0.5) is 0 Å². The fourth-order valence-electron chi connectivity index (χ4n) is 2.23. The fraction of sp³-hybridized carbons (Fsp3) is 0.278. The highest BCUT2D eigenvalue weighted by molar-refractivity contribution is 6.42. The smallest absolute Gasteiger partial charge is 0.222 e. The Hall–Kier alpha value is -1.71. The lowest BCUT2D eigenvalue weighted by molar-refractivity contribution is -0.130. The largest absolute Gasteiger partial charge is 0.497 e. The van der Waals surface area contributed by atoms with Gasteiger partial charge in [0.1, 0.15) is 5.75 Å². The SMILES string of the molecule is COc1ccc(CN(C)C(=O)CCc2ccc(Cl)c(Cl)c2)cc1. The molecule has 0 atom stereocenters. The van der Waals surface area contributed by atoms with Gasteiger partial charge in [0.05, 0.1) is 17.2 Å². The highest BCUT2D eigenvalue weighted by Crippen LogP contribution is 2.23. The maximum absolute atomic E-state index is 12.2. The van der Waals surface area contributed by atoms with Gasteiger partial charge >= 0.3 is 0 Å². The van der Waals surface area contributed by atoms with Gasteiger partial charge in [-0.2, -0.15) is 0 Å². The van der Waals surface area contributed by atoms with Gasteiger partial charge in [0.25, 0.3) is 0 Å². The molecule has 0 aromatic heterocycles. The van der Waals surface area contributed by atoms with Crippen molar-refractivity contribution in [3.8, 4) is 5.75 Å². The second-order valence-corrected chi connectivity index (χ2v) is 6.16. The Morgan fingerprint density at radius 3 is 2.30 bits per heavy atom. The minimum absolute atomic E-state index is 0.0897. The third kappa shape index (κ3) is 5.15. The van der Waals surface area contributed by atoms with Gasteiger partial charge in [0.15, 0.2) is 0 Å². The average molecular weight is 352 g/mol. The summed E-state index contributed by atoms with van der Waals surface area (Å²) in [5, 5.41) is 1.04. The molecule has 3 nitrogen and oxygen atoms in total. The van der Waals surface area contributed by atoms with Crippen LogP contribution in [0.3, 0.4) is 0 Å². The van der Waals surface area contributed by atoms with Gasteiger partial charge < -0.3 is 9.64 Å². The Morgan fingerprint density at radius 2 is 1.70 bits per heavy atom. The van der Waals surface area contributed by atoms with Crippen LogP contribution >= 0.6 is 23.2 Å². The van der Waals surface area contributed by atoms with E-state index >= 15 is 0 Å². The van der Waals surface area contributed by atoms with Gasteiger partial charge in [0.2, 0.25) is 5.91 Å². The molecule has 0 spiro atoms. The lowest BCUT2D eigenvalue weighted by Crippen LogP contribution is -2.26. The van der Waals surface area contributed by atoms with Gasteiger partial charge in [0, 0.05) is 20.0 Å². The summed E-state index contributed by atoms with van der Waals surface area (Å²) in [7, 11) is 3.44. The summed E-state index contributed by atoms with van der Waals surface area (Å²) in [6, 6.07) is 13.2. The maximum Gasteiger partial charge on any atom is 0.222 e. The van der Waals surface area contributed by atoms with Crippen molar-refractivity contribution in [1.82, 2.24) is 4.90 Å². The zero-order valence-corrected chi connectivity index (χ0v) is 14.7. The molecule has 0 fully saturated rings. The Labute approximate surface area is 146 Å². The number of halogens is 2. The highest BCUT2D eigenvalue weighted by atomic mass is 35.5. The standard InChI is InChI=1S/C18H19Cl2NO2/c1-21(12-14-3-7-15(23-2)8-4-14)18(22)10-6-13-5-9-16(19)17(20)11-13/h3-5,7-9,11H,6,10,12H2,1-2H3. The number of ether oxygens (including phenoxy) is 1. The van der Waals surface area contributed by atoms with E-state index in [2.05, 4.69) is 0 Å². The molecule has 2 rings (SSSR count). The first kappa shape index (κ1) is 17.6. The molecule has 0 aliphatic rings. The van der Waals surface area contributed by atoms with E-state index in [0.29, 0.717) is 29.4 Å². The number of methoxy groups -OCH3 is 1. The molecular formula is C18H19Cl2NO2. The van der Waals surface area contributed by atoms with Gasteiger partial charge in [-0.15, -0.1) is 0 Å². The Bertz CT molecular complexity index is 671. The summed E-state index contributed by atoms with van der Waals surface area (Å²) in [4.78, 5) is 14.0. The van der Waals surface area contributed by atoms with Crippen molar-refractivity contribution in [2.24, 2.45) is 0 Å². The third-order valence-electron chi connectivity index (χ3n) is 3.62. The van der Waals surface area contributed by atoms with Crippen molar-refractivity contribution in [2.75, 3.05) is 14.2 Å². The average Bonchev–Trinajstić information content (AvgIpc) is 2.56. The van der Waals surface area contributed by atoms with Gasteiger partial charge in [-0.3, -0.25) is 4.79 Å². The van der Waals surface area contributed by atoms with E-state index in [1.54, 1.807) is 31.2 Å². The summed E-state index contributed by atoms with van der Waals surface area (Å²) in [5.41, 5.74) is 2.07. The molecule has 0 radical (unpaired) electrons. The number of benzene rings is 2. The second-order valence-electron chi connectivity index (χ2n) is 5.35. The minimum Gasteiger partial charge on any atom is -0.497 e. The number of carbonyl (C=O) groups is 1. The van der Waals surface area contributed by atoms with Crippen LogP contribution in [0.1, 0.15) is 17.5 Å². The molecule has 122 valence electrons. The van der Waals surface area contributed by atoms with Crippen LogP contribution < -0.4 is 4.74 Å². The Morgan fingerprint density at radius 1 is 1.04 bits per heavy atom. The number of nitrogens with zero attached hydrogens (tertiary/aromatic N) is 1. The van der Waals surface area contributed by atoms with Crippen LogP contribution in [0.2, 0.25) is 10.0 Å². The molecule has 5 heteroatoms. The van der Waals surface area contributed by atoms with E-state index in [1.165, 1.54) is 0 Å². The van der Waals surface area contributed by atoms with Crippen LogP contribution in [-0.2, 0) is 17.8 Å². The zero-order valence-electron chi connectivity index (χ0n) is 13.2. The first-order chi connectivity index (χ1) is 11.0. The summed E-state index contributed by atoms with van der Waals surface area (Å²) < 4.78 is 5.13. The van der Waals surface area contributed by atoms with Gasteiger partial charge in [-0.05, 0) is 41.8 Å². The molecular weight excluding hydrogens is 333 g/mol. The highest BCUT2D eigenvalue weighted by Gasteiger charge is 2.10. The molecule has 0 saturated heterocycles. The monoisotopic (exact) mass is 351 g/mol. The van der Waals surface area contributed by atoms with E-state index in [1.807, 2.05) is 30.3 Å². The van der Waals surface area contributed by atoms with Crippen LogP contribution in [0, 0.1) is 0 Å². The summed E-state index contributed by atoms with van der Waals surface area (Å²) >= 11 is 11.9. The third-order valence-corrected chi connectivity index (χ3v) is 4.36. The van der Waals surface area contributed by atoms with Crippen molar-refractivity contribution < 1.29 is 9.53 Å². The molecule has 0 aliphatic heterocycles. The van der Waals surface area contributed by atoms with E-state index in [9.17, 15) is 4.79 Å². The molecule has 1 amide bonds. The van der Waals surface area contributed by atoms with E-state index in [-0.39, 0.29) is 5.91 Å². The van der Waals surface area contributed by atoms with Crippen LogP contribution in [0.25, 0.3) is 0 Å². The van der Waals surface area contributed by atoms with E-state index < -0.39 is 0 Å². The summed E-state index contributed by atoms with van der Waals surface area (Å²) in [6.45, 7) is 0.574. The molecule has 0 heterocycles. The molecule has 0 aliphatic carbocycles. The predicted molar refractivity (Wildman–Crippen MR) is 94.3 cm³/mol. The van der Waals surface area contributed by atoms with Crippen molar-refractivity contribution >= 4 is 29.1 Å². The van der Waals surface area contributed by atoms with Crippen molar-refractivity contribution in [1.29, 1.82) is 0 Å². The van der Waals surface area contributed by atoms with Crippen LogP contribution in [-0.4, -0.2) is 25.0 Å². The summed E-state index contributed by atoms with van der Waals surface area (Å²) in [5.74, 6) is 0.897. The predicted octanol–water partition coefficient (Wildman–Crippen LogP) is 4.59. The molecule has 0 unspecified atom stereocenters. The Balaban J connectivity index is 1.87. The zero-order chi connectivity index (χ0) is 16.8. The minimum atomic E-state index is 0.0897. The number of hydrogen-bond acceptors (Lipinski definition) is 2. The molecule has 0 saturated carbocycles. The van der Waals surface area contributed by atoms with Crippen molar-refractivity contribution in [2.45, 2.75) is 19.4 Å². The molecule has 0 N–H and O–H groups in total. The van der Waals surface area contributed by atoms with Crippen molar-refractivity contribution in [3.63, 3.8) is 0 Å². The number of hydrogen-bond donors (Lipinski definition) is 0. The molecule has 2 aromatic carbocycles. The van der Waals surface area contributed by atoms with E-state index in [4.69, 9.17) is 27.9 Å². The molecule has 23 heavy (non-hydrogen) atoms. The van der Waals surface area contributed by atoms with Crippen LogP contribution in [0.5, 0.6) is 5.75 Å². The Kier molecular flexibility index (Phi) is 6.31. The maximum atomic E-state index is 12.2. The van der Waals surface area contributed by atoms with Crippen LogP contribution in [0.15, 0.2) is 42.5 Å². The van der Waals surface area contributed by atoms with Crippen molar-refractivity contribution in [3.05, 3.63) is 63.6 Å². The van der Waals surface area contributed by atoms with Gasteiger partial charge in [-0.25, -0.2) is 0 Å². The number of rotatable bonds is 6. The second kappa shape index (κ2) is 8.23. The lowest BCUT2D eigenvalue weighted by atomic mass is 10.1. The first-order valence-electron chi connectivity index (χ1n) is 7.30. The lowest BCUT2D eigenvalue weighted by Gasteiger charge is -2.17. The normalized spacial score (nSPS) is 10.4. The number of carbonyl (C=O) groups excluding carboxylic acids is 1. The van der Waals surface area contributed by atoms with E-state index in [0.717, 1.165) is 16.9 Å². The number of aryl methyl sites for hydroxylation is 1.